The Bertz CT molecular complexity index is 461. The van der Waals surface area contributed by atoms with Crippen LogP contribution >= 0.6 is 0 Å². The summed E-state index contributed by atoms with van der Waals surface area (Å²) in [6, 6.07) is 7.70. The van der Waals surface area contributed by atoms with Crippen LogP contribution in [0.5, 0.6) is 5.75 Å². The van der Waals surface area contributed by atoms with E-state index in [4.69, 9.17) is 4.74 Å². The maximum absolute atomic E-state index is 11.6. The molecule has 118 valence electrons. The monoisotopic (exact) mass is 294 g/mol. The Balaban J connectivity index is 2.28. The quantitative estimate of drug-likeness (QED) is 0.671. The molecule has 1 amide bonds. The minimum atomic E-state index is -0.619. The molecule has 1 unspecified atom stereocenters. The van der Waals surface area contributed by atoms with E-state index in [9.17, 15) is 9.90 Å². The fraction of sp³-hybridized carbons (Fsp3) is 0.562. The van der Waals surface area contributed by atoms with Crippen molar-refractivity contribution in [2.24, 2.45) is 5.41 Å². The average molecular weight is 294 g/mol. The van der Waals surface area contributed by atoms with Gasteiger partial charge in [-0.1, -0.05) is 12.1 Å². The van der Waals surface area contributed by atoms with Gasteiger partial charge in [0.2, 0.25) is 5.91 Å². The highest BCUT2D eigenvalue weighted by molar-refractivity contribution is 5.81. The third-order valence-corrected chi connectivity index (χ3v) is 3.22. The average Bonchev–Trinajstić information content (AvgIpc) is 2.44. The highest BCUT2D eigenvalue weighted by Crippen LogP contribution is 2.14. The summed E-state index contributed by atoms with van der Waals surface area (Å²) in [7, 11) is 1.62. The summed E-state index contributed by atoms with van der Waals surface area (Å²) in [5.41, 5.74) is 0.610. The molecule has 5 heteroatoms. The van der Waals surface area contributed by atoms with Gasteiger partial charge >= 0.3 is 0 Å². The number of aryl methyl sites for hydroxylation is 1. The zero-order valence-corrected chi connectivity index (χ0v) is 13.3. The molecular weight excluding hydrogens is 268 g/mol. The molecule has 1 atom stereocenters. The first-order valence-electron chi connectivity index (χ1n) is 7.15. The van der Waals surface area contributed by atoms with Crippen LogP contribution in [0, 0.1) is 12.3 Å². The summed E-state index contributed by atoms with van der Waals surface area (Å²) in [4.78, 5) is 11.6. The van der Waals surface area contributed by atoms with E-state index in [1.807, 2.05) is 45.0 Å². The predicted molar refractivity (Wildman–Crippen MR) is 83.4 cm³/mol. The van der Waals surface area contributed by atoms with E-state index >= 15 is 0 Å². The molecule has 1 aromatic rings. The van der Waals surface area contributed by atoms with Crippen molar-refractivity contribution < 1.29 is 14.6 Å². The van der Waals surface area contributed by atoms with Crippen molar-refractivity contribution in [3.05, 3.63) is 29.8 Å². The third kappa shape index (κ3) is 6.14. The Hall–Kier alpha value is -1.59. The second-order valence-electron chi connectivity index (χ2n) is 5.88. The number of nitrogens with one attached hydrogen (secondary N) is 2. The lowest BCUT2D eigenvalue weighted by molar-refractivity contribution is -0.128. The van der Waals surface area contributed by atoms with E-state index in [2.05, 4.69) is 10.6 Å². The van der Waals surface area contributed by atoms with Gasteiger partial charge in [-0.3, -0.25) is 4.79 Å². The third-order valence-electron chi connectivity index (χ3n) is 3.22. The number of benzene rings is 1. The number of rotatable bonds is 8. The van der Waals surface area contributed by atoms with Gasteiger partial charge in [-0.15, -0.1) is 0 Å². The molecule has 3 N–H and O–H groups in total. The molecule has 5 nitrogen and oxygen atoms in total. The largest absolute Gasteiger partial charge is 0.491 e. The van der Waals surface area contributed by atoms with Gasteiger partial charge in [-0.05, 0) is 38.5 Å². The Morgan fingerprint density at radius 3 is 2.76 bits per heavy atom. The number of carbonyl (C=O) groups is 1. The number of aliphatic hydroxyl groups is 1. The van der Waals surface area contributed by atoms with Crippen LogP contribution in [-0.4, -0.2) is 43.9 Å². The normalized spacial score (nSPS) is 12.8. The molecule has 0 bridgehead atoms. The SMILES string of the molecule is CNC(=O)C(C)(C)CNCC(O)COc1cccc(C)c1. The molecule has 0 spiro atoms. The highest BCUT2D eigenvalue weighted by atomic mass is 16.5. The molecule has 0 aliphatic carbocycles. The van der Waals surface area contributed by atoms with Crippen LogP contribution < -0.4 is 15.4 Å². The first-order chi connectivity index (χ1) is 9.85. The lowest BCUT2D eigenvalue weighted by Crippen LogP contribution is -2.44. The maximum atomic E-state index is 11.6. The van der Waals surface area contributed by atoms with Crippen LogP contribution in [0.3, 0.4) is 0 Å². The molecule has 0 aliphatic heterocycles. The van der Waals surface area contributed by atoms with E-state index in [1.165, 1.54) is 0 Å². The van der Waals surface area contributed by atoms with Gasteiger partial charge in [0.15, 0.2) is 0 Å². The maximum Gasteiger partial charge on any atom is 0.226 e. The molecule has 0 aromatic heterocycles. The Morgan fingerprint density at radius 1 is 1.43 bits per heavy atom. The topological polar surface area (TPSA) is 70.6 Å². The molecule has 21 heavy (non-hydrogen) atoms. The number of ether oxygens (including phenoxy) is 1. The summed E-state index contributed by atoms with van der Waals surface area (Å²) in [5.74, 6) is 0.722. The minimum Gasteiger partial charge on any atom is -0.491 e. The lowest BCUT2D eigenvalue weighted by Gasteiger charge is -2.23. The second kappa shape index (κ2) is 8.00. The van der Waals surface area contributed by atoms with E-state index in [1.54, 1.807) is 7.05 Å². The Morgan fingerprint density at radius 2 is 2.14 bits per heavy atom. The van der Waals surface area contributed by atoms with E-state index in [-0.39, 0.29) is 12.5 Å². The van der Waals surface area contributed by atoms with Gasteiger partial charge in [0, 0.05) is 20.1 Å². The minimum absolute atomic E-state index is 0.0273. The Kier molecular flexibility index (Phi) is 6.65. The van der Waals surface area contributed by atoms with Crippen LogP contribution in [0.15, 0.2) is 24.3 Å². The predicted octanol–water partition coefficient (Wildman–Crippen LogP) is 1.10. The molecule has 1 rings (SSSR count). The number of hydrogen-bond donors (Lipinski definition) is 3. The number of carbonyl (C=O) groups excluding carboxylic acids is 1. The first-order valence-corrected chi connectivity index (χ1v) is 7.15. The zero-order chi connectivity index (χ0) is 15.9. The summed E-state index contributed by atoms with van der Waals surface area (Å²) < 4.78 is 5.53. The second-order valence-corrected chi connectivity index (χ2v) is 5.88. The van der Waals surface area contributed by atoms with Crippen molar-refractivity contribution in [2.45, 2.75) is 26.9 Å². The molecule has 0 aliphatic rings. The Labute approximate surface area is 126 Å². The van der Waals surface area contributed by atoms with Gasteiger partial charge in [-0.25, -0.2) is 0 Å². The van der Waals surface area contributed by atoms with Crippen molar-refractivity contribution in [2.75, 3.05) is 26.7 Å². The fourth-order valence-corrected chi connectivity index (χ4v) is 1.93. The molecular formula is C16H26N2O3. The van der Waals surface area contributed by atoms with E-state index < -0.39 is 11.5 Å². The van der Waals surface area contributed by atoms with Crippen LogP contribution in [0.25, 0.3) is 0 Å². The van der Waals surface area contributed by atoms with E-state index in [0.29, 0.717) is 13.1 Å². The molecule has 0 fully saturated rings. The van der Waals surface area contributed by atoms with Crippen LogP contribution in [0.4, 0.5) is 0 Å². The van der Waals surface area contributed by atoms with Crippen molar-refractivity contribution in [3.63, 3.8) is 0 Å². The van der Waals surface area contributed by atoms with Crippen molar-refractivity contribution >= 4 is 5.91 Å². The summed E-state index contributed by atoms with van der Waals surface area (Å²) in [6.45, 7) is 6.80. The van der Waals surface area contributed by atoms with Gasteiger partial charge in [-0.2, -0.15) is 0 Å². The van der Waals surface area contributed by atoms with Gasteiger partial charge < -0.3 is 20.5 Å². The number of aliphatic hydroxyl groups excluding tert-OH is 1. The van der Waals surface area contributed by atoms with Gasteiger partial charge in [0.25, 0.3) is 0 Å². The fourth-order valence-electron chi connectivity index (χ4n) is 1.93. The molecule has 0 saturated carbocycles. The van der Waals surface area contributed by atoms with Crippen molar-refractivity contribution in [1.82, 2.24) is 10.6 Å². The van der Waals surface area contributed by atoms with Gasteiger partial charge in [0.05, 0.1) is 5.41 Å². The molecule has 0 radical (unpaired) electrons. The number of hydrogen-bond acceptors (Lipinski definition) is 4. The van der Waals surface area contributed by atoms with Crippen molar-refractivity contribution in [1.29, 1.82) is 0 Å². The smallest absolute Gasteiger partial charge is 0.226 e. The molecule has 0 heterocycles. The van der Waals surface area contributed by atoms with Crippen molar-refractivity contribution in [3.8, 4) is 5.75 Å². The summed E-state index contributed by atoms with van der Waals surface area (Å²) >= 11 is 0. The highest BCUT2D eigenvalue weighted by Gasteiger charge is 2.26. The summed E-state index contributed by atoms with van der Waals surface area (Å²) in [6.07, 6.45) is -0.619. The molecule has 1 aromatic carbocycles. The lowest BCUT2D eigenvalue weighted by atomic mass is 9.92. The molecule has 0 saturated heterocycles. The summed E-state index contributed by atoms with van der Waals surface area (Å²) in [5, 5.41) is 15.6. The van der Waals surface area contributed by atoms with Crippen LogP contribution in [-0.2, 0) is 4.79 Å². The van der Waals surface area contributed by atoms with Gasteiger partial charge in [0.1, 0.15) is 18.5 Å². The van der Waals surface area contributed by atoms with Crippen LogP contribution in [0.2, 0.25) is 0 Å². The van der Waals surface area contributed by atoms with Crippen LogP contribution in [0.1, 0.15) is 19.4 Å². The van der Waals surface area contributed by atoms with E-state index in [0.717, 1.165) is 11.3 Å². The first kappa shape index (κ1) is 17.5. The number of amides is 1. The standard InChI is InChI=1S/C16H26N2O3/c1-12-6-5-7-14(8-12)21-10-13(19)9-18-11-16(2,3)15(20)17-4/h5-8,13,18-19H,9-11H2,1-4H3,(H,17,20). The zero-order valence-electron chi connectivity index (χ0n) is 13.3.